The number of aliphatic hydroxyl groups excluding tert-OH is 1. The summed E-state index contributed by atoms with van der Waals surface area (Å²) in [7, 11) is 2.70. The van der Waals surface area contributed by atoms with Crippen molar-refractivity contribution in [3.8, 4) is 17.2 Å². The van der Waals surface area contributed by atoms with Gasteiger partial charge in [-0.15, -0.1) is 0 Å². The maximum atomic E-state index is 12.7. The first-order chi connectivity index (χ1) is 12.0. The Kier molecular flexibility index (Phi) is 5.92. The van der Waals surface area contributed by atoms with E-state index in [4.69, 9.17) is 14.2 Å². The summed E-state index contributed by atoms with van der Waals surface area (Å²) in [5.74, 6) is -1.03. The van der Waals surface area contributed by atoms with Crippen LogP contribution in [0.4, 0.5) is 0 Å². The lowest BCUT2D eigenvalue weighted by Gasteiger charge is -2.17. The minimum Gasteiger partial charge on any atom is -0.492 e. The molecule has 1 atom stereocenters. The van der Waals surface area contributed by atoms with Crippen molar-refractivity contribution in [1.82, 2.24) is 0 Å². The van der Waals surface area contributed by atoms with Crippen molar-refractivity contribution in [2.75, 3.05) is 14.2 Å². The third kappa shape index (κ3) is 3.87. The predicted octanol–water partition coefficient (Wildman–Crippen LogP) is 2.71. The molecule has 25 heavy (non-hydrogen) atoms. The summed E-state index contributed by atoms with van der Waals surface area (Å²) in [6, 6.07) is 11.3. The Labute approximate surface area is 145 Å². The van der Waals surface area contributed by atoms with Gasteiger partial charge in [0.05, 0.1) is 19.8 Å². The van der Waals surface area contributed by atoms with Crippen molar-refractivity contribution in [3.63, 3.8) is 0 Å². The Hall–Kier alpha value is -3.12. The topological polar surface area (TPSA) is 82.1 Å². The van der Waals surface area contributed by atoms with E-state index >= 15 is 0 Å². The fourth-order valence-corrected chi connectivity index (χ4v) is 2.30. The molecule has 0 saturated carbocycles. The van der Waals surface area contributed by atoms with Gasteiger partial charge < -0.3 is 19.3 Å². The Balaban J connectivity index is 2.45. The quantitative estimate of drug-likeness (QED) is 0.361. The number of Topliss-reactive ketones (excluding diaryl/α,β-unsaturated/α-hetero) is 1. The first-order valence-electron chi connectivity index (χ1n) is 7.40. The summed E-state index contributed by atoms with van der Waals surface area (Å²) in [6.07, 6.45) is -0.356. The molecule has 2 aromatic carbocycles. The van der Waals surface area contributed by atoms with Gasteiger partial charge in [0, 0.05) is 6.08 Å². The highest BCUT2D eigenvalue weighted by molar-refractivity contribution is 6.03. The number of aliphatic hydroxyl groups is 1. The molecular weight excluding hydrogens is 324 g/mol. The predicted molar refractivity (Wildman–Crippen MR) is 91.1 cm³/mol. The van der Waals surface area contributed by atoms with Crippen LogP contribution in [-0.4, -0.2) is 31.1 Å². The molecule has 0 aliphatic carbocycles. The molecule has 6 heteroatoms. The average Bonchev–Trinajstić information content (AvgIpc) is 2.66. The van der Waals surface area contributed by atoms with Gasteiger partial charge >= 0.3 is 5.97 Å². The molecule has 0 aromatic heterocycles. The van der Waals surface area contributed by atoms with Gasteiger partial charge in [0.25, 0.3) is 0 Å². The minimum atomic E-state index is -1.36. The van der Waals surface area contributed by atoms with E-state index in [2.05, 4.69) is 6.58 Å². The summed E-state index contributed by atoms with van der Waals surface area (Å²) >= 11 is 0. The van der Waals surface area contributed by atoms with E-state index in [0.717, 1.165) is 6.08 Å². The second-order valence-corrected chi connectivity index (χ2v) is 4.98. The zero-order chi connectivity index (χ0) is 18.4. The van der Waals surface area contributed by atoms with E-state index in [9.17, 15) is 14.7 Å². The van der Waals surface area contributed by atoms with Crippen molar-refractivity contribution >= 4 is 11.8 Å². The summed E-state index contributed by atoms with van der Waals surface area (Å²) < 4.78 is 15.5. The van der Waals surface area contributed by atoms with Crippen LogP contribution in [0.15, 0.2) is 55.1 Å². The fraction of sp³-hybridized carbons (Fsp3) is 0.158. The van der Waals surface area contributed by atoms with Crippen molar-refractivity contribution in [1.29, 1.82) is 0 Å². The van der Waals surface area contributed by atoms with E-state index in [0.29, 0.717) is 5.56 Å². The van der Waals surface area contributed by atoms with Crippen LogP contribution in [0, 0.1) is 0 Å². The second-order valence-electron chi connectivity index (χ2n) is 4.98. The molecule has 0 fully saturated rings. The van der Waals surface area contributed by atoms with Gasteiger partial charge in [-0.25, -0.2) is 4.79 Å². The number of ether oxygens (including phenoxy) is 3. The average molecular weight is 342 g/mol. The molecule has 1 N–H and O–H groups in total. The second kappa shape index (κ2) is 8.12. The zero-order valence-electron chi connectivity index (χ0n) is 13.9. The number of carbonyl (C=O) groups is 2. The van der Waals surface area contributed by atoms with Gasteiger partial charge in [-0.2, -0.15) is 0 Å². The number of benzene rings is 2. The van der Waals surface area contributed by atoms with Crippen LogP contribution in [-0.2, 0) is 4.79 Å². The lowest BCUT2D eigenvalue weighted by atomic mass is 9.98. The van der Waals surface area contributed by atoms with Crippen LogP contribution in [0.2, 0.25) is 0 Å². The third-order valence-corrected chi connectivity index (χ3v) is 3.49. The summed E-state index contributed by atoms with van der Waals surface area (Å²) in [4.78, 5) is 24.1. The molecule has 0 heterocycles. The third-order valence-electron chi connectivity index (χ3n) is 3.49. The van der Waals surface area contributed by atoms with Crippen LogP contribution >= 0.6 is 0 Å². The molecule has 0 aliphatic rings. The molecule has 0 radical (unpaired) electrons. The molecule has 0 spiro atoms. The lowest BCUT2D eigenvalue weighted by Crippen LogP contribution is -2.14. The largest absolute Gasteiger partial charge is 0.492 e. The van der Waals surface area contributed by atoms with Crippen molar-refractivity contribution < 1.29 is 28.9 Å². The van der Waals surface area contributed by atoms with Crippen LogP contribution in [0.3, 0.4) is 0 Å². The monoisotopic (exact) mass is 342 g/mol. The first-order valence-corrected chi connectivity index (χ1v) is 7.40. The molecule has 6 nitrogen and oxygen atoms in total. The number of hydrogen-bond acceptors (Lipinski definition) is 6. The van der Waals surface area contributed by atoms with Gasteiger partial charge in [-0.05, 0) is 17.7 Å². The van der Waals surface area contributed by atoms with Crippen molar-refractivity contribution in [2.24, 2.45) is 0 Å². The van der Waals surface area contributed by atoms with Gasteiger partial charge in [0.15, 0.2) is 17.3 Å². The van der Waals surface area contributed by atoms with Crippen molar-refractivity contribution in [2.45, 2.75) is 6.10 Å². The van der Waals surface area contributed by atoms with Gasteiger partial charge in [0.1, 0.15) is 6.10 Å². The van der Waals surface area contributed by atoms with Gasteiger partial charge in [-0.3, -0.25) is 4.79 Å². The molecule has 2 aromatic rings. The van der Waals surface area contributed by atoms with E-state index < -0.39 is 17.9 Å². The Morgan fingerprint density at radius 2 is 1.68 bits per heavy atom. The molecular formula is C19H18O6. The van der Waals surface area contributed by atoms with E-state index in [1.54, 1.807) is 30.3 Å². The first kappa shape index (κ1) is 18.2. The molecule has 0 saturated heterocycles. The number of methoxy groups -OCH3 is 2. The zero-order valence-corrected chi connectivity index (χ0v) is 13.9. The summed E-state index contributed by atoms with van der Waals surface area (Å²) in [5, 5.41) is 10.3. The number of hydrogen-bond donors (Lipinski definition) is 1. The number of rotatable bonds is 7. The molecule has 130 valence electrons. The van der Waals surface area contributed by atoms with Crippen molar-refractivity contribution in [3.05, 3.63) is 66.2 Å². The Morgan fingerprint density at radius 1 is 1.04 bits per heavy atom. The van der Waals surface area contributed by atoms with E-state index in [-0.39, 0.29) is 22.8 Å². The highest BCUT2D eigenvalue weighted by Crippen LogP contribution is 2.41. The highest BCUT2D eigenvalue weighted by Gasteiger charge is 2.26. The maximum absolute atomic E-state index is 12.7. The molecule has 2 rings (SSSR count). The molecule has 0 amide bonds. The molecule has 0 aliphatic heterocycles. The summed E-state index contributed by atoms with van der Waals surface area (Å²) in [6.45, 7) is 3.32. The van der Waals surface area contributed by atoms with Gasteiger partial charge in [0.2, 0.25) is 5.75 Å². The number of esters is 1. The number of ketones is 1. The van der Waals surface area contributed by atoms with E-state index in [1.807, 2.05) is 0 Å². The maximum Gasteiger partial charge on any atom is 0.335 e. The highest BCUT2D eigenvalue weighted by atomic mass is 16.6. The smallest absolute Gasteiger partial charge is 0.335 e. The Bertz CT molecular complexity index is 782. The molecule has 0 bridgehead atoms. The van der Waals surface area contributed by atoms with Crippen LogP contribution < -0.4 is 14.2 Å². The number of carbonyl (C=O) groups excluding carboxylic acids is 2. The fourth-order valence-electron chi connectivity index (χ4n) is 2.30. The van der Waals surface area contributed by atoms with Crippen LogP contribution in [0.25, 0.3) is 0 Å². The van der Waals surface area contributed by atoms with E-state index in [1.165, 1.54) is 26.4 Å². The van der Waals surface area contributed by atoms with Gasteiger partial charge in [-0.1, -0.05) is 36.9 Å². The standard InChI is InChI=1S/C19H18O6/c1-4-15(20)25-14-11-10-13(18(23-2)19(14)24-3)17(22)16(21)12-8-6-5-7-9-12/h4-11,16,21H,1H2,2-3H3. The SMILES string of the molecule is C=CC(=O)Oc1ccc(C(=O)C(O)c2ccccc2)c(OC)c1OC. The Morgan fingerprint density at radius 3 is 2.24 bits per heavy atom. The summed E-state index contributed by atoms with van der Waals surface area (Å²) in [5.41, 5.74) is 0.560. The molecule has 1 unspecified atom stereocenters. The normalized spacial score (nSPS) is 11.3. The minimum absolute atomic E-state index is 0.0665. The lowest BCUT2D eigenvalue weighted by molar-refractivity contribution is -0.129. The van der Waals surface area contributed by atoms with Crippen LogP contribution in [0.1, 0.15) is 22.0 Å². The van der Waals surface area contributed by atoms with Crippen LogP contribution in [0.5, 0.6) is 17.2 Å².